The molecule has 0 N–H and O–H groups in total. The van der Waals surface area contributed by atoms with Crippen molar-refractivity contribution in [2.45, 2.75) is 85.8 Å². The van der Waals surface area contributed by atoms with Gasteiger partial charge in [0.15, 0.2) is 5.65 Å². The van der Waals surface area contributed by atoms with Crippen LogP contribution in [0.5, 0.6) is 0 Å². The Hall–Kier alpha value is -4.41. The molecular formula is C35H42F2N6O3. The van der Waals surface area contributed by atoms with E-state index in [0.29, 0.717) is 42.0 Å². The van der Waals surface area contributed by atoms with Gasteiger partial charge in [-0.25, -0.2) is 27.9 Å². The van der Waals surface area contributed by atoms with E-state index in [1.54, 1.807) is 29.3 Å². The first kappa shape index (κ1) is 33.0. The molecule has 0 spiro atoms. The third-order valence-electron chi connectivity index (χ3n) is 8.18. The molecule has 9 nitrogen and oxygen atoms in total. The fourth-order valence-electron chi connectivity index (χ4n) is 6.02. The number of amides is 1. The van der Waals surface area contributed by atoms with E-state index in [9.17, 15) is 9.59 Å². The third-order valence-corrected chi connectivity index (χ3v) is 8.18. The van der Waals surface area contributed by atoms with Gasteiger partial charge in [0, 0.05) is 37.4 Å². The second-order valence-corrected chi connectivity index (χ2v) is 13.6. The first-order valence-electron chi connectivity index (χ1n) is 15.7. The van der Waals surface area contributed by atoms with E-state index in [4.69, 9.17) is 9.72 Å². The maximum Gasteiger partial charge on any atom is 0.410 e. The van der Waals surface area contributed by atoms with Crippen molar-refractivity contribution in [3.8, 4) is 16.9 Å². The lowest BCUT2D eigenvalue weighted by Crippen LogP contribution is -2.55. The molecule has 1 aromatic carbocycles. The number of anilines is 1. The van der Waals surface area contributed by atoms with E-state index in [1.165, 1.54) is 16.7 Å². The largest absolute Gasteiger partial charge is 0.444 e. The number of aryl methyl sites for hydroxylation is 1. The average molecular weight is 633 g/mol. The Balaban J connectivity index is 1.77. The maximum absolute atomic E-state index is 16.3. The summed E-state index contributed by atoms with van der Waals surface area (Å²) < 4.78 is 38.7. The van der Waals surface area contributed by atoms with Crippen LogP contribution >= 0.6 is 0 Å². The molecule has 3 aromatic heterocycles. The number of halogens is 2. The summed E-state index contributed by atoms with van der Waals surface area (Å²) in [6, 6.07) is 7.43. The van der Waals surface area contributed by atoms with Crippen LogP contribution in [0.25, 0.3) is 28.0 Å². The number of carbonyl (C=O) groups excluding carboxylic acids is 1. The van der Waals surface area contributed by atoms with Crippen LogP contribution in [-0.2, 0) is 4.74 Å². The number of benzene rings is 1. The molecule has 4 heterocycles. The van der Waals surface area contributed by atoms with Gasteiger partial charge in [0.05, 0.1) is 16.8 Å². The Kier molecular flexibility index (Phi) is 8.90. The van der Waals surface area contributed by atoms with Crippen molar-refractivity contribution in [2.24, 2.45) is 0 Å². The van der Waals surface area contributed by atoms with Crippen molar-refractivity contribution in [2.75, 3.05) is 24.5 Å². The second kappa shape index (κ2) is 12.4. The fraction of sp³-hybridized carbons (Fsp3) is 0.457. The molecule has 1 saturated heterocycles. The van der Waals surface area contributed by atoms with E-state index < -0.39 is 29.0 Å². The monoisotopic (exact) mass is 632 g/mol. The lowest BCUT2D eigenvalue weighted by molar-refractivity contribution is 0.0218. The Morgan fingerprint density at radius 2 is 1.74 bits per heavy atom. The molecule has 4 aromatic rings. The van der Waals surface area contributed by atoms with Crippen LogP contribution in [0.15, 0.2) is 41.3 Å². The summed E-state index contributed by atoms with van der Waals surface area (Å²) in [6.07, 6.45) is 1.26. The summed E-state index contributed by atoms with van der Waals surface area (Å²) in [6.45, 7) is 17.9. The molecule has 0 unspecified atom stereocenters. The van der Waals surface area contributed by atoms with E-state index >= 15 is 8.78 Å². The summed E-state index contributed by atoms with van der Waals surface area (Å²) >= 11 is 0. The minimum absolute atomic E-state index is 0.0561. The number of carbonyl (C=O) groups is 1. The molecule has 11 heteroatoms. The molecule has 5 rings (SSSR count). The zero-order valence-electron chi connectivity index (χ0n) is 28.0. The summed E-state index contributed by atoms with van der Waals surface area (Å²) in [5, 5.41) is 0.291. The number of ether oxygens (including phenoxy) is 1. The first-order valence-corrected chi connectivity index (χ1v) is 15.7. The van der Waals surface area contributed by atoms with Crippen LogP contribution in [0.4, 0.5) is 19.4 Å². The van der Waals surface area contributed by atoms with E-state index in [2.05, 4.69) is 9.97 Å². The van der Waals surface area contributed by atoms with Gasteiger partial charge < -0.3 is 14.5 Å². The molecule has 1 atom stereocenters. The van der Waals surface area contributed by atoms with Crippen molar-refractivity contribution >= 4 is 22.9 Å². The van der Waals surface area contributed by atoms with Crippen molar-refractivity contribution in [3.63, 3.8) is 0 Å². The summed E-state index contributed by atoms with van der Waals surface area (Å²) in [5.74, 6) is -1.27. The number of aromatic nitrogens is 4. The fourth-order valence-corrected chi connectivity index (χ4v) is 6.02. The lowest BCUT2D eigenvalue weighted by atomic mass is 9.94. The van der Waals surface area contributed by atoms with Gasteiger partial charge in [-0.05, 0) is 75.8 Å². The number of nitrogens with zero attached hydrogens (tertiary/aromatic N) is 6. The molecular weight excluding hydrogens is 590 g/mol. The number of hydrogen-bond acceptors (Lipinski definition) is 7. The average Bonchev–Trinajstić information content (AvgIpc) is 2.96. The smallest absolute Gasteiger partial charge is 0.410 e. The topological polar surface area (TPSA) is 93.5 Å². The minimum atomic E-state index is -0.736. The van der Waals surface area contributed by atoms with Gasteiger partial charge >= 0.3 is 11.8 Å². The van der Waals surface area contributed by atoms with Gasteiger partial charge in [0.2, 0.25) is 0 Å². The Morgan fingerprint density at radius 3 is 2.37 bits per heavy atom. The van der Waals surface area contributed by atoms with Gasteiger partial charge in [-0.2, -0.15) is 4.98 Å². The number of fused-ring (bicyclic) bond motifs is 1. The number of rotatable bonds is 5. The standard InChI is InChI=1S/C35H42F2N6O3/c1-19(2)23-11-10-12-25(36)27(23)29-26(37)17-24-31(42-16-15-41(18-22(42)6)34(45)46-35(7,8)9)40-33(44)43(32(24)39-29)30-21(5)13-14-38-28(30)20(3)4/h10-14,17,19-20,22H,15-16,18H2,1-9H3/t22-/m0/s1. The van der Waals surface area contributed by atoms with Crippen molar-refractivity contribution in [1.29, 1.82) is 0 Å². The van der Waals surface area contributed by atoms with E-state index in [0.717, 1.165) is 5.56 Å². The van der Waals surface area contributed by atoms with Gasteiger partial charge in [-0.3, -0.25) is 4.98 Å². The van der Waals surface area contributed by atoms with Gasteiger partial charge in [-0.15, -0.1) is 0 Å². The summed E-state index contributed by atoms with van der Waals surface area (Å²) in [4.78, 5) is 44.3. The van der Waals surface area contributed by atoms with Crippen LogP contribution < -0.4 is 10.6 Å². The van der Waals surface area contributed by atoms with Gasteiger partial charge in [-0.1, -0.05) is 39.8 Å². The number of hydrogen-bond donors (Lipinski definition) is 0. The molecule has 1 aliphatic rings. The zero-order chi connectivity index (χ0) is 33.7. The lowest BCUT2D eigenvalue weighted by Gasteiger charge is -2.41. The van der Waals surface area contributed by atoms with Crippen molar-refractivity contribution in [3.05, 3.63) is 75.5 Å². The predicted octanol–water partition coefficient (Wildman–Crippen LogP) is 7.12. The molecule has 0 bridgehead atoms. The van der Waals surface area contributed by atoms with Crippen molar-refractivity contribution < 1.29 is 18.3 Å². The molecule has 1 amide bonds. The number of pyridine rings is 2. The van der Waals surface area contributed by atoms with E-state index in [-0.39, 0.29) is 40.6 Å². The predicted molar refractivity (Wildman–Crippen MR) is 176 cm³/mol. The first-order chi connectivity index (χ1) is 21.6. The van der Waals surface area contributed by atoms with Crippen LogP contribution in [0, 0.1) is 18.6 Å². The highest BCUT2D eigenvalue weighted by Gasteiger charge is 2.33. The maximum atomic E-state index is 16.3. The van der Waals surface area contributed by atoms with Crippen LogP contribution in [0.3, 0.4) is 0 Å². The Bertz CT molecular complexity index is 1860. The highest BCUT2D eigenvalue weighted by atomic mass is 19.1. The van der Waals surface area contributed by atoms with E-state index in [1.807, 2.05) is 67.2 Å². The minimum Gasteiger partial charge on any atom is -0.444 e. The van der Waals surface area contributed by atoms with Crippen LogP contribution in [-0.4, -0.2) is 61.8 Å². The molecule has 244 valence electrons. The Labute approximate surface area is 268 Å². The molecule has 0 aliphatic carbocycles. The van der Waals surface area contributed by atoms with Gasteiger partial charge in [0.1, 0.15) is 28.7 Å². The summed E-state index contributed by atoms with van der Waals surface area (Å²) in [5.41, 5.74) is 1.27. The summed E-state index contributed by atoms with van der Waals surface area (Å²) in [7, 11) is 0. The highest BCUT2D eigenvalue weighted by molar-refractivity contribution is 5.91. The van der Waals surface area contributed by atoms with Gasteiger partial charge in [0.25, 0.3) is 0 Å². The molecule has 1 fully saturated rings. The SMILES string of the molecule is Cc1ccnc(C(C)C)c1-n1c(=O)nc(N2CCN(C(=O)OC(C)(C)C)C[C@@H]2C)c2cc(F)c(-c3c(F)cccc3C(C)C)nc21. The molecule has 0 radical (unpaired) electrons. The Morgan fingerprint density at radius 1 is 1.02 bits per heavy atom. The molecule has 1 aliphatic heterocycles. The van der Waals surface area contributed by atoms with Crippen LogP contribution in [0.1, 0.15) is 84.0 Å². The van der Waals surface area contributed by atoms with Crippen molar-refractivity contribution in [1.82, 2.24) is 24.4 Å². The third kappa shape index (κ3) is 6.19. The normalized spacial score (nSPS) is 15.7. The molecule has 0 saturated carbocycles. The van der Waals surface area contributed by atoms with Crippen LogP contribution in [0.2, 0.25) is 0 Å². The quantitative estimate of drug-likeness (QED) is 0.231. The second-order valence-electron chi connectivity index (χ2n) is 13.6. The molecule has 46 heavy (non-hydrogen) atoms. The number of piperazine rings is 1. The highest BCUT2D eigenvalue weighted by Crippen LogP contribution is 2.36. The zero-order valence-corrected chi connectivity index (χ0v) is 28.0.